The highest BCUT2D eigenvalue weighted by atomic mass is 16.3. The highest BCUT2D eigenvalue weighted by molar-refractivity contribution is 5.51. The Labute approximate surface area is 140 Å². The minimum Gasteiger partial charge on any atom is -0.504 e. The first-order valence-corrected chi connectivity index (χ1v) is 9.04. The smallest absolute Gasteiger partial charge is 0.200 e. The van der Waals surface area contributed by atoms with Gasteiger partial charge >= 0.3 is 0 Å². The fourth-order valence-electron chi connectivity index (χ4n) is 2.67. The van der Waals surface area contributed by atoms with Gasteiger partial charge in [-0.15, -0.1) is 0 Å². The molecule has 0 radical (unpaired) electrons. The lowest BCUT2D eigenvalue weighted by molar-refractivity contribution is 0.367. The zero-order valence-corrected chi connectivity index (χ0v) is 14.4. The number of hydrogen-bond acceptors (Lipinski definition) is 3. The van der Waals surface area contributed by atoms with E-state index in [4.69, 9.17) is 0 Å². The van der Waals surface area contributed by atoms with Crippen LogP contribution < -0.4 is 0 Å². The number of benzene rings is 1. The molecule has 1 aromatic carbocycles. The van der Waals surface area contributed by atoms with Crippen LogP contribution in [0.2, 0.25) is 0 Å². The van der Waals surface area contributed by atoms with Gasteiger partial charge in [-0.1, -0.05) is 51.2 Å². The van der Waals surface area contributed by atoms with Crippen molar-refractivity contribution < 1.29 is 15.3 Å². The summed E-state index contributed by atoms with van der Waals surface area (Å²) in [7, 11) is 0. The van der Waals surface area contributed by atoms with Gasteiger partial charge in [0.1, 0.15) is 0 Å². The van der Waals surface area contributed by atoms with Gasteiger partial charge in [0.2, 0.25) is 0 Å². The molecule has 3 heteroatoms. The Morgan fingerprint density at radius 2 is 1.26 bits per heavy atom. The van der Waals surface area contributed by atoms with Crippen LogP contribution in [-0.2, 0) is 6.42 Å². The summed E-state index contributed by atoms with van der Waals surface area (Å²) in [6.45, 7) is 2.24. The van der Waals surface area contributed by atoms with Gasteiger partial charge in [0.15, 0.2) is 17.2 Å². The van der Waals surface area contributed by atoms with Crippen LogP contribution in [0, 0.1) is 0 Å². The summed E-state index contributed by atoms with van der Waals surface area (Å²) in [5.41, 5.74) is 0.866. The first-order valence-electron chi connectivity index (χ1n) is 9.04. The van der Waals surface area contributed by atoms with Crippen molar-refractivity contribution in [1.82, 2.24) is 0 Å². The van der Waals surface area contributed by atoms with Gasteiger partial charge in [-0.2, -0.15) is 0 Å². The first-order chi connectivity index (χ1) is 11.1. The van der Waals surface area contributed by atoms with Crippen LogP contribution in [0.5, 0.6) is 17.2 Å². The van der Waals surface area contributed by atoms with E-state index in [1.807, 2.05) is 0 Å². The van der Waals surface area contributed by atoms with Crippen LogP contribution in [0.3, 0.4) is 0 Å². The normalized spacial score (nSPS) is 11.3. The van der Waals surface area contributed by atoms with Crippen molar-refractivity contribution in [3.05, 3.63) is 29.8 Å². The summed E-state index contributed by atoms with van der Waals surface area (Å²) in [5.74, 6) is -0.927. The van der Waals surface area contributed by atoms with E-state index < -0.39 is 5.75 Å². The molecule has 0 aromatic heterocycles. The average Bonchev–Trinajstić information content (AvgIpc) is 2.53. The van der Waals surface area contributed by atoms with Crippen molar-refractivity contribution in [2.45, 2.75) is 77.6 Å². The van der Waals surface area contributed by atoms with Crippen LogP contribution >= 0.6 is 0 Å². The average molecular weight is 320 g/mol. The zero-order chi connectivity index (χ0) is 16.9. The molecule has 0 aliphatic rings. The molecule has 0 unspecified atom stereocenters. The van der Waals surface area contributed by atoms with Crippen LogP contribution in [0.1, 0.15) is 76.7 Å². The molecule has 0 saturated carbocycles. The third-order valence-electron chi connectivity index (χ3n) is 4.11. The summed E-state index contributed by atoms with van der Waals surface area (Å²) >= 11 is 0. The van der Waals surface area contributed by atoms with E-state index >= 15 is 0 Å². The van der Waals surface area contributed by atoms with Crippen molar-refractivity contribution in [3.8, 4) is 17.2 Å². The van der Waals surface area contributed by atoms with E-state index in [1.165, 1.54) is 57.1 Å². The van der Waals surface area contributed by atoms with Gasteiger partial charge in [-0.05, 0) is 56.2 Å². The van der Waals surface area contributed by atoms with E-state index in [2.05, 4.69) is 19.1 Å². The molecule has 0 amide bonds. The molecule has 0 fully saturated rings. The summed E-state index contributed by atoms with van der Waals surface area (Å²) < 4.78 is 0. The molecule has 3 nitrogen and oxygen atoms in total. The van der Waals surface area contributed by atoms with Crippen molar-refractivity contribution in [1.29, 1.82) is 0 Å². The Morgan fingerprint density at radius 3 is 1.83 bits per heavy atom. The van der Waals surface area contributed by atoms with E-state index in [0.717, 1.165) is 31.2 Å². The van der Waals surface area contributed by atoms with E-state index in [0.29, 0.717) is 0 Å². The SMILES string of the molecule is CCCCCC/C=C\CCCCCCc1cc(O)c(O)c(O)c1. The van der Waals surface area contributed by atoms with Crippen LogP contribution in [0.4, 0.5) is 0 Å². The van der Waals surface area contributed by atoms with Crippen molar-refractivity contribution >= 4 is 0 Å². The van der Waals surface area contributed by atoms with Gasteiger partial charge in [0.25, 0.3) is 0 Å². The van der Waals surface area contributed by atoms with E-state index in [1.54, 1.807) is 0 Å². The summed E-state index contributed by atoms with van der Waals surface area (Å²) in [4.78, 5) is 0. The van der Waals surface area contributed by atoms with Crippen LogP contribution in [-0.4, -0.2) is 15.3 Å². The molecule has 1 rings (SSSR count). The Balaban J connectivity index is 2.02. The number of unbranched alkanes of at least 4 members (excludes halogenated alkanes) is 8. The maximum absolute atomic E-state index is 9.45. The second-order valence-corrected chi connectivity index (χ2v) is 6.26. The Hall–Kier alpha value is -1.64. The molecule has 130 valence electrons. The third kappa shape index (κ3) is 8.53. The minimum absolute atomic E-state index is 0.246. The van der Waals surface area contributed by atoms with Crippen LogP contribution in [0.15, 0.2) is 24.3 Å². The van der Waals surface area contributed by atoms with Gasteiger partial charge in [0, 0.05) is 0 Å². The second kappa shape index (κ2) is 11.9. The van der Waals surface area contributed by atoms with Gasteiger partial charge in [0.05, 0.1) is 0 Å². The number of phenolic OH excluding ortho intramolecular Hbond substituents is 3. The molecular formula is C20H32O3. The predicted molar refractivity (Wildman–Crippen MR) is 96.1 cm³/mol. The predicted octanol–water partition coefficient (Wildman–Crippen LogP) is 5.82. The number of allylic oxidation sites excluding steroid dienone is 2. The van der Waals surface area contributed by atoms with Gasteiger partial charge in [-0.3, -0.25) is 0 Å². The van der Waals surface area contributed by atoms with Crippen molar-refractivity contribution in [2.75, 3.05) is 0 Å². The maximum atomic E-state index is 9.45. The monoisotopic (exact) mass is 320 g/mol. The third-order valence-corrected chi connectivity index (χ3v) is 4.11. The molecule has 0 atom stereocenters. The summed E-state index contributed by atoms with van der Waals surface area (Å²) in [6.07, 6.45) is 17.7. The Morgan fingerprint density at radius 1 is 0.739 bits per heavy atom. The quantitative estimate of drug-likeness (QED) is 0.258. The molecule has 23 heavy (non-hydrogen) atoms. The maximum Gasteiger partial charge on any atom is 0.200 e. The molecule has 0 bridgehead atoms. The molecule has 0 saturated heterocycles. The second-order valence-electron chi connectivity index (χ2n) is 6.26. The molecule has 0 aliphatic carbocycles. The summed E-state index contributed by atoms with van der Waals surface area (Å²) in [5, 5.41) is 28.2. The number of rotatable bonds is 12. The Kier molecular flexibility index (Phi) is 10.0. The number of hydrogen-bond donors (Lipinski definition) is 3. The lowest BCUT2D eigenvalue weighted by Gasteiger charge is -2.05. The number of phenols is 3. The topological polar surface area (TPSA) is 60.7 Å². The molecule has 1 aromatic rings. The first kappa shape index (κ1) is 19.4. The lowest BCUT2D eigenvalue weighted by Crippen LogP contribution is -1.87. The Bertz CT molecular complexity index is 443. The summed E-state index contributed by atoms with van der Waals surface area (Å²) in [6, 6.07) is 3.05. The molecule has 0 heterocycles. The van der Waals surface area contributed by atoms with Crippen LogP contribution in [0.25, 0.3) is 0 Å². The molecule has 0 aliphatic heterocycles. The van der Waals surface area contributed by atoms with Gasteiger partial charge in [-0.25, -0.2) is 0 Å². The molecule has 3 N–H and O–H groups in total. The highest BCUT2D eigenvalue weighted by Crippen LogP contribution is 2.35. The number of aromatic hydroxyl groups is 3. The van der Waals surface area contributed by atoms with Crippen molar-refractivity contribution in [2.24, 2.45) is 0 Å². The largest absolute Gasteiger partial charge is 0.504 e. The van der Waals surface area contributed by atoms with Gasteiger partial charge < -0.3 is 15.3 Å². The van der Waals surface area contributed by atoms with E-state index in [-0.39, 0.29) is 11.5 Å². The lowest BCUT2D eigenvalue weighted by atomic mass is 10.0. The highest BCUT2D eigenvalue weighted by Gasteiger charge is 2.07. The van der Waals surface area contributed by atoms with Crippen molar-refractivity contribution in [3.63, 3.8) is 0 Å². The van der Waals surface area contributed by atoms with E-state index in [9.17, 15) is 15.3 Å². The number of aryl methyl sites for hydroxylation is 1. The fraction of sp³-hybridized carbons (Fsp3) is 0.600. The molecule has 0 spiro atoms. The standard InChI is InChI=1S/C20H32O3/c1-2-3-4-5-6-7-8-9-10-11-12-13-14-17-15-18(21)20(23)19(22)16-17/h7-8,15-16,21-23H,2-6,9-14H2,1H3/b8-7-. The fourth-order valence-corrected chi connectivity index (χ4v) is 2.67. The molecular weight excluding hydrogens is 288 g/mol. The zero-order valence-electron chi connectivity index (χ0n) is 14.4. The minimum atomic E-state index is -0.435.